The van der Waals surface area contributed by atoms with E-state index in [0.29, 0.717) is 24.4 Å². The van der Waals surface area contributed by atoms with Gasteiger partial charge in [-0.15, -0.1) is 0 Å². The summed E-state index contributed by atoms with van der Waals surface area (Å²) in [6, 6.07) is 10.9. The Hall–Kier alpha value is -2.41. The van der Waals surface area contributed by atoms with Crippen LogP contribution in [0.1, 0.15) is 37.1 Å². The monoisotopic (exact) mass is 397 g/mol. The van der Waals surface area contributed by atoms with Crippen LogP contribution in [0.5, 0.6) is 0 Å². The molecule has 2 aliphatic heterocycles. The summed E-state index contributed by atoms with van der Waals surface area (Å²) in [7, 11) is 0. The lowest BCUT2D eigenvalue weighted by molar-refractivity contribution is -0.127. The molecule has 156 valence electrons. The fourth-order valence-corrected chi connectivity index (χ4v) is 4.52. The minimum Gasteiger partial charge on any atom is -0.355 e. The Morgan fingerprint density at radius 2 is 1.97 bits per heavy atom. The van der Waals surface area contributed by atoms with E-state index >= 15 is 0 Å². The van der Waals surface area contributed by atoms with E-state index in [2.05, 4.69) is 37.4 Å². The number of rotatable bonds is 6. The number of aryl methyl sites for hydroxylation is 1. The SMILES string of the molecule is Cc1nc(N2CCC(N3CCCC(C(=O)NCCc4ccccc4)C3)CC2)no1. The Labute approximate surface area is 172 Å². The van der Waals surface area contributed by atoms with Crippen molar-refractivity contribution in [2.24, 2.45) is 5.92 Å². The first-order valence-corrected chi connectivity index (χ1v) is 10.8. The zero-order valence-electron chi connectivity index (χ0n) is 17.2. The third-order valence-electron chi connectivity index (χ3n) is 6.16. The highest BCUT2D eigenvalue weighted by atomic mass is 16.5. The molecule has 0 bridgehead atoms. The van der Waals surface area contributed by atoms with Crippen molar-refractivity contribution in [1.29, 1.82) is 0 Å². The van der Waals surface area contributed by atoms with E-state index in [4.69, 9.17) is 4.52 Å². The summed E-state index contributed by atoms with van der Waals surface area (Å²) in [6.45, 7) is 6.38. The lowest BCUT2D eigenvalue weighted by Crippen LogP contribution is -2.51. The number of hydrogen-bond acceptors (Lipinski definition) is 6. The minimum atomic E-state index is 0.109. The first-order chi connectivity index (χ1) is 14.2. The molecule has 0 radical (unpaired) electrons. The second kappa shape index (κ2) is 9.39. The first-order valence-electron chi connectivity index (χ1n) is 10.8. The van der Waals surface area contributed by atoms with Crippen molar-refractivity contribution in [3.63, 3.8) is 0 Å². The van der Waals surface area contributed by atoms with E-state index in [-0.39, 0.29) is 11.8 Å². The number of carbonyl (C=O) groups is 1. The summed E-state index contributed by atoms with van der Waals surface area (Å²) in [5, 5.41) is 7.19. The molecule has 1 N–H and O–H groups in total. The van der Waals surface area contributed by atoms with Gasteiger partial charge in [-0.3, -0.25) is 9.69 Å². The molecule has 0 spiro atoms. The lowest BCUT2D eigenvalue weighted by atomic mass is 9.93. The molecule has 2 saturated heterocycles. The average Bonchev–Trinajstić information content (AvgIpc) is 3.21. The van der Waals surface area contributed by atoms with Gasteiger partial charge in [0.1, 0.15) is 0 Å². The number of hydrogen-bond donors (Lipinski definition) is 1. The van der Waals surface area contributed by atoms with Gasteiger partial charge >= 0.3 is 0 Å². The number of aromatic nitrogens is 2. The van der Waals surface area contributed by atoms with Gasteiger partial charge in [-0.1, -0.05) is 30.3 Å². The Kier molecular flexibility index (Phi) is 6.44. The van der Waals surface area contributed by atoms with E-state index in [1.165, 1.54) is 5.56 Å². The molecule has 1 aromatic carbocycles. The van der Waals surface area contributed by atoms with Crippen LogP contribution in [0.15, 0.2) is 34.9 Å². The van der Waals surface area contributed by atoms with Gasteiger partial charge in [0, 0.05) is 39.1 Å². The Bertz CT molecular complexity index is 786. The van der Waals surface area contributed by atoms with Crippen LogP contribution in [0.2, 0.25) is 0 Å². The van der Waals surface area contributed by atoms with Gasteiger partial charge in [0.25, 0.3) is 5.95 Å². The van der Waals surface area contributed by atoms with E-state index in [0.717, 1.165) is 58.3 Å². The van der Waals surface area contributed by atoms with Crippen LogP contribution in [-0.2, 0) is 11.2 Å². The molecule has 0 aliphatic carbocycles. The van der Waals surface area contributed by atoms with Crippen LogP contribution in [0.3, 0.4) is 0 Å². The number of benzene rings is 1. The number of nitrogens with one attached hydrogen (secondary N) is 1. The Balaban J connectivity index is 1.22. The van der Waals surface area contributed by atoms with E-state index in [9.17, 15) is 4.79 Å². The Morgan fingerprint density at radius 3 is 2.69 bits per heavy atom. The quantitative estimate of drug-likeness (QED) is 0.807. The topological polar surface area (TPSA) is 74.5 Å². The molecule has 1 aromatic heterocycles. The van der Waals surface area contributed by atoms with Crippen LogP contribution >= 0.6 is 0 Å². The van der Waals surface area contributed by atoms with E-state index < -0.39 is 0 Å². The highest BCUT2D eigenvalue weighted by Gasteiger charge is 2.32. The standard InChI is InChI=1S/C22H31N5O2/c1-17-24-22(25-29-17)26-14-10-20(11-15-26)27-13-5-8-19(16-27)21(28)23-12-9-18-6-3-2-4-7-18/h2-4,6-7,19-20H,5,8-16H2,1H3,(H,23,28). The minimum absolute atomic E-state index is 0.109. The Morgan fingerprint density at radius 1 is 1.17 bits per heavy atom. The van der Waals surface area contributed by atoms with Crippen LogP contribution < -0.4 is 10.2 Å². The van der Waals surface area contributed by atoms with Gasteiger partial charge in [0.15, 0.2) is 0 Å². The van der Waals surface area contributed by atoms with Crippen LogP contribution in [0, 0.1) is 12.8 Å². The van der Waals surface area contributed by atoms with Gasteiger partial charge in [-0.2, -0.15) is 4.98 Å². The summed E-state index contributed by atoms with van der Waals surface area (Å²) in [5.74, 6) is 1.64. The molecule has 7 nitrogen and oxygen atoms in total. The fourth-order valence-electron chi connectivity index (χ4n) is 4.52. The predicted molar refractivity (Wildman–Crippen MR) is 112 cm³/mol. The maximum absolute atomic E-state index is 12.7. The maximum atomic E-state index is 12.7. The highest BCUT2D eigenvalue weighted by Crippen LogP contribution is 2.25. The number of piperidine rings is 2. The smallest absolute Gasteiger partial charge is 0.266 e. The van der Waals surface area contributed by atoms with Crippen LogP contribution in [0.4, 0.5) is 5.95 Å². The summed E-state index contributed by atoms with van der Waals surface area (Å²) in [5.41, 5.74) is 1.27. The number of likely N-dealkylation sites (tertiary alicyclic amines) is 1. The second-order valence-corrected chi connectivity index (χ2v) is 8.19. The van der Waals surface area contributed by atoms with Crippen LogP contribution in [0.25, 0.3) is 0 Å². The zero-order valence-corrected chi connectivity index (χ0v) is 17.2. The van der Waals surface area contributed by atoms with Crippen molar-refractivity contribution in [3.8, 4) is 0 Å². The van der Waals surface area contributed by atoms with Gasteiger partial charge < -0.3 is 14.7 Å². The average molecular weight is 398 g/mol. The van der Waals surface area contributed by atoms with Crippen molar-refractivity contribution in [1.82, 2.24) is 20.4 Å². The summed E-state index contributed by atoms with van der Waals surface area (Å²) >= 11 is 0. The summed E-state index contributed by atoms with van der Waals surface area (Å²) in [4.78, 5) is 21.8. The third kappa shape index (κ3) is 5.15. The van der Waals surface area contributed by atoms with E-state index in [1.54, 1.807) is 0 Å². The maximum Gasteiger partial charge on any atom is 0.266 e. The van der Waals surface area contributed by atoms with Crippen molar-refractivity contribution >= 4 is 11.9 Å². The number of carbonyl (C=O) groups excluding carboxylic acids is 1. The van der Waals surface area contributed by atoms with Crippen molar-refractivity contribution in [3.05, 3.63) is 41.8 Å². The first kappa shape index (κ1) is 19.9. The third-order valence-corrected chi connectivity index (χ3v) is 6.16. The summed E-state index contributed by atoms with van der Waals surface area (Å²) in [6.07, 6.45) is 5.14. The zero-order chi connectivity index (χ0) is 20.1. The highest BCUT2D eigenvalue weighted by molar-refractivity contribution is 5.79. The molecule has 29 heavy (non-hydrogen) atoms. The molecule has 3 heterocycles. The van der Waals surface area contributed by atoms with Crippen molar-refractivity contribution in [2.75, 3.05) is 37.6 Å². The van der Waals surface area contributed by atoms with Gasteiger partial charge in [0.05, 0.1) is 5.92 Å². The number of anilines is 1. The number of amides is 1. The molecule has 1 atom stereocenters. The van der Waals surface area contributed by atoms with Gasteiger partial charge in [-0.05, 0) is 49.4 Å². The molecule has 2 aromatic rings. The predicted octanol–water partition coefficient (Wildman–Crippen LogP) is 2.42. The van der Waals surface area contributed by atoms with Crippen molar-refractivity contribution < 1.29 is 9.32 Å². The molecule has 2 fully saturated rings. The fraction of sp³-hybridized carbons (Fsp3) is 0.591. The molecule has 4 rings (SSSR count). The molecule has 0 saturated carbocycles. The number of nitrogens with zero attached hydrogens (tertiary/aromatic N) is 4. The van der Waals surface area contributed by atoms with Gasteiger partial charge in [0.2, 0.25) is 11.8 Å². The normalized spacial score (nSPS) is 21.3. The summed E-state index contributed by atoms with van der Waals surface area (Å²) < 4.78 is 5.10. The van der Waals surface area contributed by atoms with Gasteiger partial charge in [-0.25, -0.2) is 0 Å². The lowest BCUT2D eigenvalue weighted by Gasteiger charge is -2.41. The molecule has 7 heteroatoms. The largest absolute Gasteiger partial charge is 0.355 e. The van der Waals surface area contributed by atoms with E-state index in [1.807, 2.05) is 25.1 Å². The van der Waals surface area contributed by atoms with Crippen LogP contribution in [-0.4, -0.2) is 59.7 Å². The molecule has 2 aliphatic rings. The molecular weight excluding hydrogens is 366 g/mol. The molecule has 1 unspecified atom stereocenters. The van der Waals surface area contributed by atoms with Crippen molar-refractivity contribution in [2.45, 2.75) is 45.1 Å². The second-order valence-electron chi connectivity index (χ2n) is 8.19. The molecule has 1 amide bonds. The molecular formula is C22H31N5O2.